The monoisotopic (exact) mass is 434 g/mol. The van der Waals surface area contributed by atoms with Crippen molar-refractivity contribution in [2.45, 2.75) is 37.8 Å². The van der Waals surface area contributed by atoms with Gasteiger partial charge in [-0.3, -0.25) is 9.59 Å². The number of amides is 2. The molecule has 0 saturated heterocycles. The second-order valence-corrected chi connectivity index (χ2v) is 7.61. The highest BCUT2D eigenvalue weighted by Crippen LogP contribution is 2.19. The molecule has 1 saturated carbocycles. The number of ether oxygens (including phenoxy) is 2. The molecule has 0 heterocycles. The molecule has 1 aliphatic carbocycles. The SMILES string of the molecule is O=C(COc1ccc(F)cc1)NC1CCC(NC(=O)COc2ccc(Cl)cc2)CC1. The summed E-state index contributed by atoms with van der Waals surface area (Å²) in [6, 6.07) is 12.5. The Labute approximate surface area is 179 Å². The Morgan fingerprint density at radius 3 is 1.63 bits per heavy atom. The summed E-state index contributed by atoms with van der Waals surface area (Å²) in [4.78, 5) is 24.1. The number of carbonyl (C=O) groups excluding carboxylic acids is 2. The van der Waals surface area contributed by atoms with Crippen LogP contribution in [0.1, 0.15) is 25.7 Å². The van der Waals surface area contributed by atoms with E-state index in [0.29, 0.717) is 16.5 Å². The minimum Gasteiger partial charge on any atom is -0.484 e. The maximum atomic E-state index is 12.9. The smallest absolute Gasteiger partial charge is 0.258 e. The zero-order valence-corrected chi connectivity index (χ0v) is 17.2. The van der Waals surface area contributed by atoms with E-state index in [-0.39, 0.29) is 42.9 Å². The Hall–Kier alpha value is -2.80. The van der Waals surface area contributed by atoms with Crippen LogP contribution in [0.5, 0.6) is 11.5 Å². The molecule has 30 heavy (non-hydrogen) atoms. The molecular weight excluding hydrogens is 411 g/mol. The third-order valence-electron chi connectivity index (χ3n) is 4.82. The van der Waals surface area contributed by atoms with Crippen LogP contribution < -0.4 is 20.1 Å². The average Bonchev–Trinajstić information content (AvgIpc) is 2.74. The fraction of sp³-hybridized carbons (Fsp3) is 0.364. The minimum absolute atomic E-state index is 0.0489. The van der Waals surface area contributed by atoms with Gasteiger partial charge in [-0.15, -0.1) is 0 Å². The van der Waals surface area contributed by atoms with Crippen molar-refractivity contribution in [1.29, 1.82) is 0 Å². The number of hydrogen-bond acceptors (Lipinski definition) is 4. The molecular formula is C22H24ClFN2O4. The van der Waals surface area contributed by atoms with Gasteiger partial charge in [0.2, 0.25) is 0 Å². The van der Waals surface area contributed by atoms with Crippen molar-refractivity contribution in [1.82, 2.24) is 10.6 Å². The van der Waals surface area contributed by atoms with E-state index in [0.717, 1.165) is 25.7 Å². The molecule has 2 aromatic carbocycles. The molecule has 0 aliphatic heterocycles. The number of rotatable bonds is 8. The van der Waals surface area contributed by atoms with Gasteiger partial charge in [-0.05, 0) is 74.2 Å². The van der Waals surface area contributed by atoms with Crippen LogP contribution in [0.15, 0.2) is 48.5 Å². The van der Waals surface area contributed by atoms with E-state index in [9.17, 15) is 14.0 Å². The van der Waals surface area contributed by atoms with Crippen molar-refractivity contribution < 1.29 is 23.5 Å². The summed E-state index contributed by atoms with van der Waals surface area (Å²) in [6.45, 7) is -0.177. The Morgan fingerprint density at radius 1 is 0.800 bits per heavy atom. The molecule has 2 amide bonds. The molecule has 1 aliphatic rings. The van der Waals surface area contributed by atoms with Crippen molar-refractivity contribution in [3.8, 4) is 11.5 Å². The summed E-state index contributed by atoms with van der Waals surface area (Å²) >= 11 is 5.82. The first-order chi connectivity index (χ1) is 14.5. The van der Waals surface area contributed by atoms with E-state index >= 15 is 0 Å². The molecule has 0 atom stereocenters. The van der Waals surface area contributed by atoms with Gasteiger partial charge in [0.1, 0.15) is 17.3 Å². The molecule has 0 radical (unpaired) electrons. The van der Waals surface area contributed by atoms with Gasteiger partial charge in [0.15, 0.2) is 13.2 Å². The van der Waals surface area contributed by atoms with Gasteiger partial charge in [0.05, 0.1) is 0 Å². The van der Waals surface area contributed by atoms with Crippen LogP contribution in [0, 0.1) is 5.82 Å². The molecule has 0 bridgehead atoms. The lowest BCUT2D eigenvalue weighted by molar-refractivity contribution is -0.125. The normalized spacial score (nSPS) is 18.3. The van der Waals surface area contributed by atoms with Gasteiger partial charge in [0.25, 0.3) is 11.8 Å². The van der Waals surface area contributed by atoms with E-state index in [1.165, 1.54) is 24.3 Å². The molecule has 0 unspecified atom stereocenters. The highest BCUT2D eigenvalue weighted by atomic mass is 35.5. The number of halogens is 2. The van der Waals surface area contributed by atoms with E-state index < -0.39 is 0 Å². The van der Waals surface area contributed by atoms with Crippen LogP contribution in [-0.4, -0.2) is 37.1 Å². The Kier molecular flexibility index (Phi) is 7.90. The molecule has 160 valence electrons. The van der Waals surface area contributed by atoms with Crippen LogP contribution in [0.4, 0.5) is 4.39 Å². The summed E-state index contributed by atoms with van der Waals surface area (Å²) in [5.74, 6) is 0.281. The van der Waals surface area contributed by atoms with Crippen LogP contribution in [0.3, 0.4) is 0 Å². The number of benzene rings is 2. The minimum atomic E-state index is -0.354. The van der Waals surface area contributed by atoms with E-state index in [1.807, 2.05) is 0 Å². The lowest BCUT2D eigenvalue weighted by atomic mass is 9.91. The second-order valence-electron chi connectivity index (χ2n) is 7.17. The van der Waals surface area contributed by atoms with Crippen molar-refractivity contribution in [3.63, 3.8) is 0 Å². The van der Waals surface area contributed by atoms with Crippen LogP contribution in [0.25, 0.3) is 0 Å². The van der Waals surface area contributed by atoms with E-state index in [4.69, 9.17) is 21.1 Å². The fourth-order valence-corrected chi connectivity index (χ4v) is 3.41. The number of nitrogens with one attached hydrogen (secondary N) is 2. The molecule has 3 rings (SSSR count). The highest BCUT2D eigenvalue weighted by Gasteiger charge is 2.23. The zero-order valence-electron chi connectivity index (χ0n) is 16.4. The summed E-state index contributed by atoms with van der Waals surface area (Å²) < 4.78 is 23.7. The van der Waals surface area contributed by atoms with Crippen LogP contribution in [0.2, 0.25) is 5.02 Å². The van der Waals surface area contributed by atoms with E-state index in [1.54, 1.807) is 24.3 Å². The first kappa shape index (κ1) is 21.9. The number of carbonyl (C=O) groups is 2. The zero-order chi connectivity index (χ0) is 21.3. The maximum Gasteiger partial charge on any atom is 0.258 e. The molecule has 1 fully saturated rings. The molecule has 8 heteroatoms. The molecule has 0 spiro atoms. The molecule has 2 aromatic rings. The number of hydrogen-bond donors (Lipinski definition) is 2. The Bertz CT molecular complexity index is 766. The predicted molar refractivity (Wildman–Crippen MR) is 111 cm³/mol. The van der Waals surface area contributed by atoms with Gasteiger partial charge in [-0.25, -0.2) is 4.39 Å². The summed E-state index contributed by atoms with van der Waals surface area (Å²) in [5.41, 5.74) is 0. The van der Waals surface area contributed by atoms with Crippen molar-refractivity contribution in [2.75, 3.05) is 13.2 Å². The lowest BCUT2D eigenvalue weighted by Gasteiger charge is -2.29. The third kappa shape index (κ3) is 7.22. The Morgan fingerprint density at radius 2 is 1.20 bits per heavy atom. The highest BCUT2D eigenvalue weighted by molar-refractivity contribution is 6.30. The van der Waals surface area contributed by atoms with Crippen LogP contribution in [-0.2, 0) is 9.59 Å². The predicted octanol–water partition coefficient (Wildman–Crippen LogP) is 3.48. The first-order valence-corrected chi connectivity index (χ1v) is 10.2. The third-order valence-corrected chi connectivity index (χ3v) is 5.08. The van der Waals surface area contributed by atoms with Crippen LogP contribution >= 0.6 is 11.6 Å². The van der Waals surface area contributed by atoms with Gasteiger partial charge in [0, 0.05) is 17.1 Å². The largest absolute Gasteiger partial charge is 0.484 e. The van der Waals surface area contributed by atoms with Crippen molar-refractivity contribution in [2.24, 2.45) is 0 Å². The standard InChI is InChI=1S/C22H24ClFN2O4/c23-15-1-9-19(10-2-15)29-13-21(27)25-17-5-7-18(8-6-17)26-22(28)14-30-20-11-3-16(24)4-12-20/h1-4,9-12,17-18H,5-8,13-14H2,(H,25,27)(H,26,28). The molecule has 6 nitrogen and oxygen atoms in total. The van der Waals surface area contributed by atoms with E-state index in [2.05, 4.69) is 10.6 Å². The van der Waals surface area contributed by atoms with Gasteiger partial charge < -0.3 is 20.1 Å². The van der Waals surface area contributed by atoms with Crippen molar-refractivity contribution >= 4 is 23.4 Å². The summed E-state index contributed by atoms with van der Waals surface area (Å²) in [6.07, 6.45) is 3.09. The second kappa shape index (κ2) is 10.8. The van der Waals surface area contributed by atoms with Gasteiger partial charge >= 0.3 is 0 Å². The van der Waals surface area contributed by atoms with Gasteiger partial charge in [-0.2, -0.15) is 0 Å². The summed E-state index contributed by atoms with van der Waals surface area (Å²) in [5, 5.41) is 6.52. The summed E-state index contributed by atoms with van der Waals surface area (Å²) in [7, 11) is 0. The van der Waals surface area contributed by atoms with Crippen molar-refractivity contribution in [3.05, 3.63) is 59.4 Å². The molecule has 0 aromatic heterocycles. The van der Waals surface area contributed by atoms with Gasteiger partial charge in [-0.1, -0.05) is 11.6 Å². The lowest BCUT2D eigenvalue weighted by Crippen LogP contribution is -2.45. The molecule has 2 N–H and O–H groups in total. The quantitative estimate of drug-likeness (QED) is 0.667. The fourth-order valence-electron chi connectivity index (χ4n) is 3.28. The maximum absolute atomic E-state index is 12.9. The average molecular weight is 435 g/mol. The first-order valence-electron chi connectivity index (χ1n) is 9.83. The topological polar surface area (TPSA) is 76.7 Å². The Balaban J connectivity index is 1.31.